The van der Waals surface area contributed by atoms with Gasteiger partial charge in [0.2, 0.25) is 11.8 Å². The van der Waals surface area contributed by atoms with Gasteiger partial charge in [0.05, 0.1) is 17.7 Å². The van der Waals surface area contributed by atoms with E-state index in [4.69, 9.17) is 27.9 Å². The number of hydrogen-bond acceptors (Lipinski definition) is 5. The third kappa shape index (κ3) is 9.02. The predicted molar refractivity (Wildman–Crippen MR) is 183 cm³/mol. The number of ether oxygens (including phenoxy) is 1. The third-order valence-corrected chi connectivity index (χ3v) is 9.81. The summed E-state index contributed by atoms with van der Waals surface area (Å²) in [5, 5.41) is 3.69. The first-order valence-corrected chi connectivity index (χ1v) is 17.0. The Kier molecular flexibility index (Phi) is 12.1. The predicted octanol–water partition coefficient (Wildman–Crippen LogP) is 6.75. The zero-order valence-electron chi connectivity index (χ0n) is 25.9. The standard InChI is InChI=1S/C35H37Cl2N3O5S/c1-4-25(2)38-35(42)33(21-26-10-6-5-7-11-26)39(23-27-12-8-15-31(20-27)45-3)34(41)24-40(30-14-9-13-29(37)22-30)46(43,44)32-18-16-28(36)17-19-32/h5-20,22,25,33H,4,21,23-24H2,1-3H3,(H,38,42)/t25-,33-/m0/s1. The second-order valence-electron chi connectivity index (χ2n) is 10.8. The average molecular weight is 683 g/mol. The fourth-order valence-corrected chi connectivity index (χ4v) is 6.57. The number of nitrogens with one attached hydrogen (secondary N) is 1. The van der Waals surface area contributed by atoms with Crippen molar-refractivity contribution in [3.05, 3.63) is 124 Å². The maximum Gasteiger partial charge on any atom is 0.264 e. The zero-order chi connectivity index (χ0) is 33.3. The van der Waals surface area contributed by atoms with Gasteiger partial charge in [0.25, 0.3) is 10.0 Å². The molecular formula is C35H37Cl2N3O5S. The molecule has 4 rings (SSSR count). The lowest BCUT2D eigenvalue weighted by Crippen LogP contribution is -2.54. The smallest absolute Gasteiger partial charge is 0.264 e. The van der Waals surface area contributed by atoms with E-state index in [9.17, 15) is 18.0 Å². The molecule has 0 bridgehead atoms. The van der Waals surface area contributed by atoms with Gasteiger partial charge in [-0.25, -0.2) is 8.42 Å². The van der Waals surface area contributed by atoms with Gasteiger partial charge in [-0.05, 0) is 79.1 Å². The van der Waals surface area contributed by atoms with E-state index in [2.05, 4.69) is 5.32 Å². The van der Waals surface area contributed by atoms with Gasteiger partial charge in [-0.15, -0.1) is 0 Å². The van der Waals surface area contributed by atoms with Crippen molar-refractivity contribution in [3.8, 4) is 5.75 Å². The maximum atomic E-state index is 14.5. The van der Waals surface area contributed by atoms with Gasteiger partial charge < -0.3 is 15.0 Å². The van der Waals surface area contributed by atoms with E-state index in [0.29, 0.717) is 27.8 Å². The highest BCUT2D eigenvalue weighted by molar-refractivity contribution is 7.92. The summed E-state index contributed by atoms with van der Waals surface area (Å²) in [7, 11) is -2.73. The summed E-state index contributed by atoms with van der Waals surface area (Å²) in [6.07, 6.45) is 0.898. The molecule has 0 aliphatic carbocycles. The molecule has 4 aromatic carbocycles. The number of rotatable bonds is 14. The molecule has 0 aliphatic heterocycles. The van der Waals surface area contributed by atoms with Crippen LogP contribution >= 0.6 is 23.2 Å². The lowest BCUT2D eigenvalue weighted by molar-refractivity contribution is -0.140. The number of halogens is 2. The van der Waals surface area contributed by atoms with Gasteiger partial charge in [-0.2, -0.15) is 0 Å². The number of amides is 2. The van der Waals surface area contributed by atoms with Crippen LogP contribution in [0.5, 0.6) is 5.75 Å². The molecule has 0 spiro atoms. The molecule has 46 heavy (non-hydrogen) atoms. The summed E-state index contributed by atoms with van der Waals surface area (Å²) in [5.41, 5.74) is 1.74. The molecule has 2 amide bonds. The number of nitrogens with zero attached hydrogens (tertiary/aromatic N) is 2. The molecule has 242 valence electrons. The normalized spacial score (nSPS) is 12.5. The molecule has 0 saturated heterocycles. The highest BCUT2D eigenvalue weighted by Crippen LogP contribution is 2.28. The molecule has 11 heteroatoms. The Hall–Kier alpha value is -4.05. The van der Waals surface area contributed by atoms with Crippen LogP contribution in [0.25, 0.3) is 0 Å². The van der Waals surface area contributed by atoms with E-state index >= 15 is 0 Å². The van der Waals surface area contributed by atoms with Crippen LogP contribution in [0.2, 0.25) is 10.0 Å². The van der Waals surface area contributed by atoms with Crippen LogP contribution in [0, 0.1) is 0 Å². The Balaban J connectivity index is 1.82. The Morgan fingerprint density at radius 1 is 0.848 bits per heavy atom. The van der Waals surface area contributed by atoms with Crippen LogP contribution in [0.4, 0.5) is 5.69 Å². The molecule has 0 aliphatic rings. The fraction of sp³-hybridized carbons (Fsp3) is 0.257. The van der Waals surface area contributed by atoms with Gasteiger partial charge in [0, 0.05) is 29.1 Å². The van der Waals surface area contributed by atoms with E-state index in [1.165, 1.54) is 35.2 Å². The van der Waals surface area contributed by atoms with Gasteiger partial charge in [0.1, 0.15) is 18.3 Å². The Morgan fingerprint density at radius 3 is 2.17 bits per heavy atom. The van der Waals surface area contributed by atoms with Crippen LogP contribution in [0.15, 0.2) is 108 Å². The molecular weight excluding hydrogens is 645 g/mol. The SMILES string of the molecule is CC[C@H](C)NC(=O)[C@H](Cc1ccccc1)N(Cc1cccc(OC)c1)C(=O)CN(c1cccc(Cl)c1)S(=O)(=O)c1ccc(Cl)cc1. The Labute approximate surface area is 280 Å². The first kappa shape index (κ1) is 34.8. The second kappa shape index (κ2) is 16.0. The topological polar surface area (TPSA) is 96.0 Å². The first-order valence-electron chi connectivity index (χ1n) is 14.8. The first-order chi connectivity index (χ1) is 22.0. The van der Waals surface area contributed by atoms with Gasteiger partial charge in [-0.3, -0.25) is 13.9 Å². The van der Waals surface area contributed by atoms with Crippen LogP contribution in [0.1, 0.15) is 31.4 Å². The highest BCUT2D eigenvalue weighted by Gasteiger charge is 2.35. The van der Waals surface area contributed by atoms with Gasteiger partial charge in [-0.1, -0.05) is 78.7 Å². The molecule has 2 atom stereocenters. The van der Waals surface area contributed by atoms with Crippen molar-refractivity contribution in [1.82, 2.24) is 10.2 Å². The minimum absolute atomic E-state index is 0.0197. The van der Waals surface area contributed by atoms with Crippen LogP contribution in [-0.4, -0.2) is 50.9 Å². The van der Waals surface area contributed by atoms with Crippen molar-refractivity contribution in [2.24, 2.45) is 0 Å². The van der Waals surface area contributed by atoms with E-state index in [1.807, 2.05) is 50.2 Å². The molecule has 0 fully saturated rings. The van der Waals surface area contributed by atoms with E-state index in [0.717, 1.165) is 9.87 Å². The molecule has 1 N–H and O–H groups in total. The number of carbonyl (C=O) groups excluding carboxylic acids is 2. The average Bonchev–Trinajstić information content (AvgIpc) is 3.05. The number of anilines is 1. The fourth-order valence-electron chi connectivity index (χ4n) is 4.86. The summed E-state index contributed by atoms with van der Waals surface area (Å²) < 4.78 is 34.6. The molecule has 0 unspecified atom stereocenters. The summed E-state index contributed by atoms with van der Waals surface area (Å²) in [5.74, 6) is -0.343. The molecule has 0 heterocycles. The van der Waals surface area contributed by atoms with Gasteiger partial charge in [0.15, 0.2) is 0 Å². The lowest BCUT2D eigenvalue weighted by Gasteiger charge is -2.34. The minimum Gasteiger partial charge on any atom is -0.497 e. The third-order valence-electron chi connectivity index (χ3n) is 7.54. The van der Waals surface area contributed by atoms with Crippen LogP contribution in [0.3, 0.4) is 0 Å². The second-order valence-corrected chi connectivity index (χ2v) is 13.6. The number of carbonyl (C=O) groups is 2. The van der Waals surface area contributed by atoms with E-state index in [1.54, 1.807) is 43.5 Å². The van der Waals surface area contributed by atoms with Crippen molar-refractivity contribution in [2.45, 2.75) is 50.2 Å². The quantitative estimate of drug-likeness (QED) is 0.159. The maximum absolute atomic E-state index is 14.5. The summed E-state index contributed by atoms with van der Waals surface area (Å²) >= 11 is 12.3. The van der Waals surface area contributed by atoms with Crippen molar-refractivity contribution >= 4 is 50.7 Å². The van der Waals surface area contributed by atoms with Crippen molar-refractivity contribution in [3.63, 3.8) is 0 Å². The monoisotopic (exact) mass is 681 g/mol. The lowest BCUT2D eigenvalue weighted by atomic mass is 10.0. The zero-order valence-corrected chi connectivity index (χ0v) is 28.2. The Bertz CT molecular complexity index is 1740. The van der Waals surface area contributed by atoms with E-state index in [-0.39, 0.29) is 35.5 Å². The minimum atomic E-state index is -4.28. The number of benzene rings is 4. The highest BCUT2D eigenvalue weighted by atomic mass is 35.5. The summed E-state index contributed by atoms with van der Waals surface area (Å²) in [6, 6.07) is 27.4. The van der Waals surface area contributed by atoms with Crippen molar-refractivity contribution in [1.29, 1.82) is 0 Å². The summed E-state index contributed by atoms with van der Waals surface area (Å²) in [6.45, 7) is 3.27. The molecule has 0 saturated carbocycles. The molecule has 4 aromatic rings. The number of sulfonamides is 1. The molecule has 8 nitrogen and oxygen atoms in total. The van der Waals surface area contributed by atoms with Crippen molar-refractivity contribution < 1.29 is 22.7 Å². The molecule has 0 radical (unpaired) electrons. The number of methoxy groups -OCH3 is 1. The Morgan fingerprint density at radius 2 is 1.52 bits per heavy atom. The summed E-state index contributed by atoms with van der Waals surface area (Å²) in [4.78, 5) is 29.9. The van der Waals surface area contributed by atoms with Crippen molar-refractivity contribution in [2.75, 3.05) is 18.0 Å². The molecule has 0 aromatic heterocycles. The number of hydrogen-bond donors (Lipinski definition) is 1. The van der Waals surface area contributed by atoms with Crippen LogP contribution < -0.4 is 14.4 Å². The largest absolute Gasteiger partial charge is 0.497 e. The van der Waals surface area contributed by atoms with E-state index < -0.39 is 28.5 Å². The van der Waals surface area contributed by atoms with Crippen LogP contribution in [-0.2, 0) is 32.6 Å². The van der Waals surface area contributed by atoms with Gasteiger partial charge >= 0.3 is 0 Å².